The van der Waals surface area contributed by atoms with Crippen LogP contribution in [0, 0.1) is 0 Å². The van der Waals surface area contributed by atoms with Gasteiger partial charge in [0.2, 0.25) is 0 Å². The SMILES string of the molecule is CCOc1cc(NCC(O)C(F)(F)F)ccc1N. The molecule has 102 valence electrons. The van der Waals surface area contributed by atoms with E-state index >= 15 is 0 Å². The lowest BCUT2D eigenvalue weighted by Crippen LogP contribution is -2.34. The highest BCUT2D eigenvalue weighted by atomic mass is 19.4. The zero-order valence-corrected chi connectivity index (χ0v) is 9.79. The quantitative estimate of drug-likeness (QED) is 0.712. The largest absolute Gasteiger partial charge is 0.492 e. The van der Waals surface area contributed by atoms with Crippen LogP contribution >= 0.6 is 0 Å². The summed E-state index contributed by atoms with van der Waals surface area (Å²) in [6, 6.07) is 4.52. The van der Waals surface area contributed by atoms with Crippen LogP contribution in [0.15, 0.2) is 18.2 Å². The van der Waals surface area contributed by atoms with Crippen molar-refractivity contribution in [2.24, 2.45) is 0 Å². The zero-order chi connectivity index (χ0) is 13.8. The molecular formula is C11H15F3N2O2. The maximum Gasteiger partial charge on any atom is 0.416 e. The maximum absolute atomic E-state index is 12.1. The molecule has 0 aliphatic rings. The monoisotopic (exact) mass is 264 g/mol. The van der Waals surface area contributed by atoms with Crippen LogP contribution in [0.25, 0.3) is 0 Å². The Balaban J connectivity index is 2.65. The van der Waals surface area contributed by atoms with Gasteiger partial charge in [-0.1, -0.05) is 0 Å². The highest BCUT2D eigenvalue weighted by Crippen LogP contribution is 2.26. The molecule has 0 bridgehead atoms. The lowest BCUT2D eigenvalue weighted by Gasteiger charge is -2.16. The first kappa shape index (κ1) is 14.4. The first-order chi connectivity index (χ1) is 8.34. The average molecular weight is 264 g/mol. The van der Waals surface area contributed by atoms with Gasteiger partial charge in [0.05, 0.1) is 12.3 Å². The molecule has 1 unspecified atom stereocenters. The molecule has 0 saturated heterocycles. The van der Waals surface area contributed by atoms with Crippen molar-refractivity contribution in [2.75, 3.05) is 24.2 Å². The van der Waals surface area contributed by atoms with Crippen molar-refractivity contribution in [1.29, 1.82) is 0 Å². The molecular weight excluding hydrogens is 249 g/mol. The highest BCUT2D eigenvalue weighted by molar-refractivity contribution is 5.61. The number of nitrogen functional groups attached to an aromatic ring is 1. The molecule has 0 radical (unpaired) electrons. The number of nitrogens with two attached hydrogens (primary N) is 1. The van der Waals surface area contributed by atoms with Gasteiger partial charge in [0.1, 0.15) is 5.75 Å². The van der Waals surface area contributed by atoms with E-state index in [2.05, 4.69) is 5.32 Å². The fraction of sp³-hybridized carbons (Fsp3) is 0.455. The molecule has 1 atom stereocenters. The molecule has 0 aliphatic carbocycles. The number of hydrogen-bond donors (Lipinski definition) is 3. The molecule has 4 nitrogen and oxygen atoms in total. The summed E-state index contributed by atoms with van der Waals surface area (Å²) >= 11 is 0. The Kier molecular flexibility index (Phi) is 4.66. The Morgan fingerprint density at radius 2 is 2.11 bits per heavy atom. The van der Waals surface area contributed by atoms with E-state index in [-0.39, 0.29) is 0 Å². The lowest BCUT2D eigenvalue weighted by molar-refractivity contribution is -0.198. The van der Waals surface area contributed by atoms with Gasteiger partial charge in [0, 0.05) is 18.3 Å². The molecule has 0 aliphatic heterocycles. The second-order valence-corrected chi connectivity index (χ2v) is 3.62. The predicted molar refractivity (Wildman–Crippen MR) is 62.6 cm³/mol. The molecule has 0 saturated carbocycles. The Morgan fingerprint density at radius 3 is 2.67 bits per heavy atom. The Bertz CT molecular complexity index is 396. The number of rotatable bonds is 5. The summed E-state index contributed by atoms with van der Waals surface area (Å²) in [6.07, 6.45) is -7.05. The summed E-state index contributed by atoms with van der Waals surface area (Å²) < 4.78 is 41.4. The number of ether oxygens (including phenoxy) is 1. The van der Waals surface area contributed by atoms with E-state index < -0.39 is 18.8 Å². The fourth-order valence-electron chi connectivity index (χ4n) is 1.26. The van der Waals surface area contributed by atoms with Gasteiger partial charge in [-0.2, -0.15) is 13.2 Å². The van der Waals surface area contributed by atoms with E-state index in [1.54, 1.807) is 6.92 Å². The number of alkyl halides is 3. The highest BCUT2D eigenvalue weighted by Gasteiger charge is 2.37. The number of nitrogens with one attached hydrogen (secondary N) is 1. The van der Waals surface area contributed by atoms with Crippen LogP contribution in [-0.2, 0) is 0 Å². The molecule has 0 aromatic heterocycles. The van der Waals surface area contributed by atoms with Crippen LogP contribution < -0.4 is 15.8 Å². The maximum atomic E-state index is 12.1. The van der Waals surface area contributed by atoms with Crippen molar-refractivity contribution < 1.29 is 23.0 Å². The lowest BCUT2D eigenvalue weighted by atomic mass is 10.2. The minimum atomic E-state index is -4.64. The normalized spacial score (nSPS) is 13.2. The van der Waals surface area contributed by atoms with Crippen molar-refractivity contribution in [1.82, 2.24) is 0 Å². The van der Waals surface area contributed by atoms with Gasteiger partial charge in [-0.25, -0.2) is 0 Å². The van der Waals surface area contributed by atoms with Gasteiger partial charge in [0.15, 0.2) is 6.10 Å². The Labute approximate surface area is 103 Å². The van der Waals surface area contributed by atoms with Crippen molar-refractivity contribution in [3.8, 4) is 5.75 Å². The molecule has 1 rings (SSSR count). The molecule has 0 spiro atoms. The van der Waals surface area contributed by atoms with Gasteiger partial charge in [-0.15, -0.1) is 0 Å². The van der Waals surface area contributed by atoms with E-state index in [0.717, 1.165) is 0 Å². The van der Waals surface area contributed by atoms with Crippen LogP contribution in [-0.4, -0.2) is 30.5 Å². The van der Waals surface area contributed by atoms with Crippen LogP contribution in [0.4, 0.5) is 24.5 Å². The number of hydrogen-bond acceptors (Lipinski definition) is 4. The third-order valence-corrected chi connectivity index (χ3v) is 2.19. The standard InChI is InChI=1S/C11H15F3N2O2/c1-2-18-9-5-7(3-4-8(9)15)16-6-10(17)11(12,13)14/h3-5,10,16-17H,2,6,15H2,1H3. The molecule has 1 aromatic rings. The molecule has 18 heavy (non-hydrogen) atoms. The molecule has 0 heterocycles. The first-order valence-corrected chi connectivity index (χ1v) is 5.35. The van der Waals surface area contributed by atoms with Gasteiger partial charge >= 0.3 is 6.18 Å². The van der Waals surface area contributed by atoms with E-state index in [9.17, 15) is 13.2 Å². The van der Waals surface area contributed by atoms with Crippen molar-refractivity contribution in [2.45, 2.75) is 19.2 Å². The van der Waals surface area contributed by atoms with Crippen LogP contribution in [0.1, 0.15) is 6.92 Å². The van der Waals surface area contributed by atoms with E-state index in [1.807, 2.05) is 0 Å². The predicted octanol–water partition coefficient (Wildman–Crippen LogP) is 2.00. The number of aliphatic hydroxyl groups excluding tert-OH is 1. The third-order valence-electron chi connectivity index (χ3n) is 2.19. The molecule has 0 fully saturated rings. The summed E-state index contributed by atoms with van der Waals surface area (Å²) in [5.41, 5.74) is 6.42. The van der Waals surface area contributed by atoms with E-state index in [4.69, 9.17) is 15.6 Å². The first-order valence-electron chi connectivity index (χ1n) is 5.35. The number of aliphatic hydroxyl groups is 1. The van der Waals surface area contributed by atoms with Crippen molar-refractivity contribution in [3.05, 3.63) is 18.2 Å². The fourth-order valence-corrected chi connectivity index (χ4v) is 1.26. The summed E-state index contributed by atoms with van der Waals surface area (Å²) in [6.45, 7) is 1.55. The zero-order valence-electron chi connectivity index (χ0n) is 9.79. The number of halogens is 3. The summed E-state index contributed by atoms with van der Waals surface area (Å²) in [5, 5.41) is 11.3. The Hall–Kier alpha value is -1.63. The summed E-state index contributed by atoms with van der Waals surface area (Å²) in [4.78, 5) is 0. The topological polar surface area (TPSA) is 67.5 Å². The van der Waals surface area contributed by atoms with Gasteiger partial charge in [-0.05, 0) is 19.1 Å². The second-order valence-electron chi connectivity index (χ2n) is 3.62. The minimum absolute atomic E-state index is 0.393. The second kappa shape index (κ2) is 5.81. The third kappa shape index (κ3) is 3.99. The van der Waals surface area contributed by atoms with Gasteiger partial charge in [0.25, 0.3) is 0 Å². The molecule has 0 amide bonds. The van der Waals surface area contributed by atoms with Crippen LogP contribution in [0.3, 0.4) is 0 Å². The molecule has 4 N–H and O–H groups in total. The number of benzene rings is 1. The summed E-state index contributed by atoms with van der Waals surface area (Å²) in [5.74, 6) is 0.393. The molecule has 1 aromatic carbocycles. The van der Waals surface area contributed by atoms with E-state index in [0.29, 0.717) is 23.7 Å². The summed E-state index contributed by atoms with van der Waals surface area (Å²) in [7, 11) is 0. The number of anilines is 2. The molecule has 7 heteroatoms. The van der Waals surface area contributed by atoms with E-state index in [1.165, 1.54) is 18.2 Å². The van der Waals surface area contributed by atoms with Gasteiger partial charge in [-0.3, -0.25) is 0 Å². The minimum Gasteiger partial charge on any atom is -0.492 e. The van der Waals surface area contributed by atoms with Crippen LogP contribution in [0.2, 0.25) is 0 Å². The van der Waals surface area contributed by atoms with Gasteiger partial charge < -0.3 is 20.9 Å². The average Bonchev–Trinajstić information content (AvgIpc) is 2.28. The van der Waals surface area contributed by atoms with Crippen molar-refractivity contribution >= 4 is 11.4 Å². The van der Waals surface area contributed by atoms with Crippen LogP contribution in [0.5, 0.6) is 5.75 Å². The van der Waals surface area contributed by atoms with Crippen molar-refractivity contribution in [3.63, 3.8) is 0 Å². The smallest absolute Gasteiger partial charge is 0.416 e. The Morgan fingerprint density at radius 1 is 1.44 bits per heavy atom.